The predicted octanol–water partition coefficient (Wildman–Crippen LogP) is 1.96. The van der Waals surface area contributed by atoms with Crippen molar-refractivity contribution in [2.45, 2.75) is 19.8 Å². The fourth-order valence-corrected chi connectivity index (χ4v) is 2.00. The van der Waals surface area contributed by atoms with Crippen LogP contribution in [0.15, 0.2) is 18.5 Å². The van der Waals surface area contributed by atoms with Gasteiger partial charge in [0.05, 0.1) is 11.9 Å². The maximum absolute atomic E-state index is 4.34. The molecule has 0 amide bonds. The Hall–Kier alpha value is -1.09. The van der Waals surface area contributed by atoms with Gasteiger partial charge in [0, 0.05) is 32.4 Å². The third-order valence-electron chi connectivity index (χ3n) is 3.28. The van der Waals surface area contributed by atoms with Crippen LogP contribution >= 0.6 is 0 Å². The van der Waals surface area contributed by atoms with Gasteiger partial charge in [-0.1, -0.05) is 13.8 Å². The molecule has 0 aromatic carbocycles. The number of aromatic nitrogens is 1. The number of rotatable bonds is 2. The molecule has 1 aliphatic heterocycles. The van der Waals surface area contributed by atoms with Crippen LogP contribution in [0.4, 0.5) is 5.69 Å². The maximum Gasteiger partial charge on any atom is 0.0556 e. The van der Waals surface area contributed by atoms with E-state index in [9.17, 15) is 0 Å². The third kappa shape index (κ3) is 2.53. The van der Waals surface area contributed by atoms with Gasteiger partial charge in [0.2, 0.25) is 0 Å². The molecule has 1 fully saturated rings. The number of pyridine rings is 1. The van der Waals surface area contributed by atoms with Crippen molar-refractivity contribution in [2.75, 3.05) is 38.1 Å². The monoisotopic (exact) mass is 219 g/mol. The molecular formula is C13H21N3. The maximum atomic E-state index is 4.34. The van der Waals surface area contributed by atoms with Crippen molar-refractivity contribution in [3.05, 3.63) is 24.0 Å². The summed E-state index contributed by atoms with van der Waals surface area (Å²) in [5.74, 6) is 0.555. The first kappa shape index (κ1) is 11.4. The van der Waals surface area contributed by atoms with E-state index < -0.39 is 0 Å². The zero-order valence-electron chi connectivity index (χ0n) is 10.5. The van der Waals surface area contributed by atoms with Crippen molar-refractivity contribution in [3.8, 4) is 0 Å². The van der Waals surface area contributed by atoms with Gasteiger partial charge in [0.15, 0.2) is 0 Å². The quantitative estimate of drug-likeness (QED) is 0.758. The van der Waals surface area contributed by atoms with Gasteiger partial charge in [-0.15, -0.1) is 0 Å². The molecule has 1 aromatic rings. The van der Waals surface area contributed by atoms with E-state index in [1.54, 1.807) is 0 Å². The molecule has 0 atom stereocenters. The highest BCUT2D eigenvalue weighted by Crippen LogP contribution is 2.20. The molecule has 0 aliphatic carbocycles. The van der Waals surface area contributed by atoms with Crippen LogP contribution in [0.25, 0.3) is 0 Å². The Morgan fingerprint density at radius 3 is 2.44 bits per heavy atom. The van der Waals surface area contributed by atoms with Crippen LogP contribution in [-0.2, 0) is 0 Å². The minimum absolute atomic E-state index is 0.555. The first-order valence-corrected chi connectivity index (χ1v) is 6.05. The fourth-order valence-electron chi connectivity index (χ4n) is 2.00. The van der Waals surface area contributed by atoms with E-state index in [2.05, 4.69) is 41.7 Å². The SMILES string of the molecule is CC(C)c1cncc(N2CCN(C)CC2)c1. The third-order valence-corrected chi connectivity index (χ3v) is 3.28. The van der Waals surface area contributed by atoms with Gasteiger partial charge in [0.25, 0.3) is 0 Å². The molecule has 0 bridgehead atoms. The number of piperazine rings is 1. The van der Waals surface area contributed by atoms with E-state index in [4.69, 9.17) is 0 Å². The molecule has 2 heterocycles. The minimum atomic E-state index is 0.555. The Morgan fingerprint density at radius 1 is 1.12 bits per heavy atom. The van der Waals surface area contributed by atoms with E-state index in [0.717, 1.165) is 26.2 Å². The van der Waals surface area contributed by atoms with Gasteiger partial charge >= 0.3 is 0 Å². The average Bonchev–Trinajstić information content (AvgIpc) is 2.30. The van der Waals surface area contributed by atoms with Crippen LogP contribution < -0.4 is 4.90 Å². The van der Waals surface area contributed by atoms with Crippen LogP contribution in [0, 0.1) is 0 Å². The van der Waals surface area contributed by atoms with Gasteiger partial charge in [-0.25, -0.2) is 0 Å². The molecule has 3 heteroatoms. The van der Waals surface area contributed by atoms with Crippen LogP contribution in [0.1, 0.15) is 25.3 Å². The summed E-state index contributed by atoms with van der Waals surface area (Å²) in [6, 6.07) is 2.28. The highest BCUT2D eigenvalue weighted by Gasteiger charge is 2.14. The lowest BCUT2D eigenvalue weighted by atomic mass is 10.1. The molecule has 16 heavy (non-hydrogen) atoms. The van der Waals surface area contributed by atoms with Gasteiger partial charge in [-0.05, 0) is 24.6 Å². The van der Waals surface area contributed by atoms with Crippen molar-refractivity contribution >= 4 is 5.69 Å². The van der Waals surface area contributed by atoms with Crippen LogP contribution in [0.5, 0.6) is 0 Å². The van der Waals surface area contributed by atoms with Gasteiger partial charge in [0.1, 0.15) is 0 Å². The molecular weight excluding hydrogens is 198 g/mol. The highest BCUT2D eigenvalue weighted by molar-refractivity contribution is 5.47. The Kier molecular flexibility index (Phi) is 3.44. The van der Waals surface area contributed by atoms with Gasteiger partial charge in [-0.3, -0.25) is 4.98 Å². The summed E-state index contributed by atoms with van der Waals surface area (Å²) < 4.78 is 0. The predicted molar refractivity (Wildman–Crippen MR) is 68.0 cm³/mol. The number of likely N-dealkylation sites (N-methyl/N-ethyl adjacent to an activating group) is 1. The second-order valence-electron chi connectivity index (χ2n) is 4.92. The average molecular weight is 219 g/mol. The molecule has 1 aliphatic rings. The zero-order chi connectivity index (χ0) is 11.5. The Morgan fingerprint density at radius 2 is 1.81 bits per heavy atom. The summed E-state index contributed by atoms with van der Waals surface area (Å²) in [6.07, 6.45) is 3.96. The summed E-state index contributed by atoms with van der Waals surface area (Å²) in [7, 11) is 2.18. The number of hydrogen-bond donors (Lipinski definition) is 0. The summed E-state index contributed by atoms with van der Waals surface area (Å²) in [4.78, 5) is 9.15. The van der Waals surface area contributed by atoms with E-state index in [1.165, 1.54) is 11.3 Å². The van der Waals surface area contributed by atoms with Crippen molar-refractivity contribution in [1.82, 2.24) is 9.88 Å². The van der Waals surface area contributed by atoms with Gasteiger partial charge in [-0.2, -0.15) is 0 Å². The topological polar surface area (TPSA) is 19.4 Å². The second kappa shape index (κ2) is 4.83. The van der Waals surface area contributed by atoms with Crippen LogP contribution in [0.3, 0.4) is 0 Å². The molecule has 1 aromatic heterocycles. The molecule has 0 N–H and O–H groups in total. The lowest BCUT2D eigenvalue weighted by molar-refractivity contribution is 0.313. The molecule has 1 saturated heterocycles. The summed E-state index contributed by atoms with van der Waals surface area (Å²) in [5.41, 5.74) is 2.61. The van der Waals surface area contributed by atoms with E-state index in [-0.39, 0.29) is 0 Å². The van der Waals surface area contributed by atoms with Crippen LogP contribution in [-0.4, -0.2) is 43.1 Å². The van der Waals surface area contributed by atoms with Gasteiger partial charge < -0.3 is 9.80 Å². The number of hydrogen-bond acceptors (Lipinski definition) is 3. The first-order chi connectivity index (χ1) is 7.66. The number of nitrogens with zero attached hydrogens (tertiary/aromatic N) is 3. The normalized spacial score (nSPS) is 18.1. The Bertz CT molecular complexity index is 341. The Balaban J connectivity index is 2.11. The largest absolute Gasteiger partial charge is 0.368 e. The molecule has 0 radical (unpaired) electrons. The molecule has 0 saturated carbocycles. The van der Waals surface area contributed by atoms with E-state index >= 15 is 0 Å². The van der Waals surface area contributed by atoms with Crippen molar-refractivity contribution in [3.63, 3.8) is 0 Å². The zero-order valence-corrected chi connectivity index (χ0v) is 10.5. The molecule has 0 spiro atoms. The van der Waals surface area contributed by atoms with Crippen molar-refractivity contribution in [1.29, 1.82) is 0 Å². The highest BCUT2D eigenvalue weighted by atomic mass is 15.2. The minimum Gasteiger partial charge on any atom is -0.368 e. The molecule has 0 unspecified atom stereocenters. The lowest BCUT2D eigenvalue weighted by Crippen LogP contribution is -2.44. The summed E-state index contributed by atoms with van der Waals surface area (Å²) >= 11 is 0. The summed E-state index contributed by atoms with van der Waals surface area (Å²) in [6.45, 7) is 8.94. The smallest absolute Gasteiger partial charge is 0.0556 e. The standard InChI is InChI=1S/C13H21N3/c1-11(2)12-8-13(10-14-9-12)16-6-4-15(3)5-7-16/h8-11H,4-7H2,1-3H3. The molecule has 2 rings (SSSR count). The molecule has 3 nitrogen and oxygen atoms in total. The summed E-state index contributed by atoms with van der Waals surface area (Å²) in [5, 5.41) is 0. The molecule has 88 valence electrons. The van der Waals surface area contributed by atoms with E-state index in [1.807, 2.05) is 12.4 Å². The number of anilines is 1. The van der Waals surface area contributed by atoms with Crippen molar-refractivity contribution in [2.24, 2.45) is 0 Å². The van der Waals surface area contributed by atoms with E-state index in [0.29, 0.717) is 5.92 Å². The lowest BCUT2D eigenvalue weighted by Gasteiger charge is -2.34. The fraction of sp³-hybridized carbons (Fsp3) is 0.615. The second-order valence-corrected chi connectivity index (χ2v) is 4.92. The first-order valence-electron chi connectivity index (χ1n) is 6.05. The van der Waals surface area contributed by atoms with Crippen molar-refractivity contribution < 1.29 is 0 Å². The van der Waals surface area contributed by atoms with Crippen LogP contribution in [0.2, 0.25) is 0 Å². The Labute approximate surface area is 98.1 Å².